The van der Waals surface area contributed by atoms with Crippen LogP contribution in [0.15, 0.2) is 67.0 Å². The van der Waals surface area contributed by atoms with Crippen molar-refractivity contribution in [1.29, 1.82) is 0 Å². The summed E-state index contributed by atoms with van der Waals surface area (Å²) in [5.41, 5.74) is 4.05. The Labute approximate surface area is 123 Å². The summed E-state index contributed by atoms with van der Waals surface area (Å²) >= 11 is 0. The van der Waals surface area contributed by atoms with E-state index in [1.807, 2.05) is 67.7 Å². The Balaban J connectivity index is 1.83. The molecule has 21 heavy (non-hydrogen) atoms. The highest BCUT2D eigenvalue weighted by molar-refractivity contribution is 5.66. The third kappa shape index (κ3) is 3.17. The van der Waals surface area contributed by atoms with Crippen molar-refractivity contribution in [2.45, 2.75) is 0 Å². The Bertz CT molecular complexity index is 708. The Kier molecular flexibility index (Phi) is 3.78. The van der Waals surface area contributed by atoms with E-state index in [9.17, 15) is 0 Å². The standard InChI is InChI=1S/C17H16N4/c1-18-14-7-9-15(10-8-14)21-17-11-16(19-12-20-17)13-5-3-2-4-6-13/h2-12,18H,1H3,(H,19,20,21). The minimum atomic E-state index is 0.779. The molecule has 0 bridgehead atoms. The highest BCUT2D eigenvalue weighted by Crippen LogP contribution is 2.21. The van der Waals surface area contributed by atoms with Crippen LogP contribution in [-0.2, 0) is 0 Å². The molecule has 1 aromatic heterocycles. The average molecular weight is 276 g/mol. The van der Waals surface area contributed by atoms with Crippen molar-refractivity contribution in [3.05, 3.63) is 67.0 Å². The maximum atomic E-state index is 4.32. The summed E-state index contributed by atoms with van der Waals surface area (Å²) in [4.78, 5) is 8.58. The summed E-state index contributed by atoms with van der Waals surface area (Å²) in [5, 5.41) is 6.38. The van der Waals surface area contributed by atoms with Crippen molar-refractivity contribution in [2.24, 2.45) is 0 Å². The molecule has 4 nitrogen and oxygen atoms in total. The first kappa shape index (κ1) is 13.1. The first-order valence-corrected chi connectivity index (χ1v) is 6.77. The number of rotatable bonds is 4. The average Bonchev–Trinajstić information content (AvgIpc) is 2.57. The van der Waals surface area contributed by atoms with Crippen molar-refractivity contribution in [3.8, 4) is 11.3 Å². The highest BCUT2D eigenvalue weighted by Gasteiger charge is 2.02. The zero-order valence-electron chi connectivity index (χ0n) is 11.7. The van der Waals surface area contributed by atoms with Gasteiger partial charge < -0.3 is 10.6 Å². The molecule has 0 aliphatic heterocycles. The molecule has 0 amide bonds. The van der Waals surface area contributed by atoms with Crippen LogP contribution in [0, 0.1) is 0 Å². The van der Waals surface area contributed by atoms with Gasteiger partial charge in [-0.15, -0.1) is 0 Å². The second-order valence-corrected chi connectivity index (χ2v) is 4.61. The molecule has 0 spiro atoms. The second-order valence-electron chi connectivity index (χ2n) is 4.61. The van der Waals surface area contributed by atoms with Crippen LogP contribution in [0.4, 0.5) is 17.2 Å². The number of benzene rings is 2. The van der Waals surface area contributed by atoms with Crippen molar-refractivity contribution >= 4 is 17.2 Å². The molecule has 2 aromatic carbocycles. The van der Waals surface area contributed by atoms with Crippen LogP contribution in [0.3, 0.4) is 0 Å². The molecule has 0 saturated carbocycles. The van der Waals surface area contributed by atoms with Gasteiger partial charge in [0.15, 0.2) is 0 Å². The molecule has 0 radical (unpaired) electrons. The highest BCUT2D eigenvalue weighted by atomic mass is 15.0. The number of anilines is 3. The second kappa shape index (κ2) is 6.05. The molecular weight excluding hydrogens is 260 g/mol. The quantitative estimate of drug-likeness (QED) is 0.758. The molecule has 0 fully saturated rings. The summed E-state index contributed by atoms with van der Waals surface area (Å²) in [5.74, 6) is 0.779. The maximum Gasteiger partial charge on any atom is 0.134 e. The van der Waals surface area contributed by atoms with Crippen LogP contribution in [0.1, 0.15) is 0 Å². The van der Waals surface area contributed by atoms with E-state index in [1.54, 1.807) is 6.33 Å². The number of hydrogen-bond acceptors (Lipinski definition) is 4. The third-order valence-corrected chi connectivity index (χ3v) is 3.18. The van der Waals surface area contributed by atoms with E-state index in [4.69, 9.17) is 0 Å². The number of hydrogen-bond donors (Lipinski definition) is 2. The number of aromatic nitrogens is 2. The lowest BCUT2D eigenvalue weighted by atomic mass is 10.1. The van der Waals surface area contributed by atoms with Gasteiger partial charge in [0, 0.05) is 30.1 Å². The molecule has 3 aromatic rings. The summed E-state index contributed by atoms with van der Waals surface area (Å²) in [6, 6.07) is 20.1. The summed E-state index contributed by atoms with van der Waals surface area (Å²) in [6.45, 7) is 0. The largest absolute Gasteiger partial charge is 0.388 e. The monoisotopic (exact) mass is 276 g/mol. The molecular formula is C17H16N4. The zero-order chi connectivity index (χ0) is 14.5. The normalized spacial score (nSPS) is 10.1. The van der Waals surface area contributed by atoms with Gasteiger partial charge in [-0.05, 0) is 24.3 Å². The Morgan fingerprint density at radius 1 is 0.810 bits per heavy atom. The summed E-state index contributed by atoms with van der Waals surface area (Å²) < 4.78 is 0. The number of nitrogens with one attached hydrogen (secondary N) is 2. The van der Waals surface area contributed by atoms with E-state index >= 15 is 0 Å². The Hall–Kier alpha value is -2.88. The van der Waals surface area contributed by atoms with Gasteiger partial charge in [-0.1, -0.05) is 30.3 Å². The molecule has 0 atom stereocenters. The fourth-order valence-corrected chi connectivity index (χ4v) is 2.06. The fourth-order valence-electron chi connectivity index (χ4n) is 2.06. The minimum Gasteiger partial charge on any atom is -0.388 e. The van der Waals surface area contributed by atoms with Gasteiger partial charge in [-0.2, -0.15) is 0 Å². The van der Waals surface area contributed by atoms with Crippen LogP contribution >= 0.6 is 0 Å². The van der Waals surface area contributed by atoms with Crippen LogP contribution < -0.4 is 10.6 Å². The molecule has 3 rings (SSSR count). The molecule has 4 heteroatoms. The molecule has 0 unspecified atom stereocenters. The Morgan fingerprint density at radius 2 is 1.52 bits per heavy atom. The molecule has 2 N–H and O–H groups in total. The molecule has 0 aliphatic carbocycles. The Morgan fingerprint density at radius 3 is 2.24 bits per heavy atom. The number of nitrogens with zero attached hydrogens (tertiary/aromatic N) is 2. The first-order chi connectivity index (χ1) is 10.3. The van der Waals surface area contributed by atoms with Gasteiger partial charge in [0.25, 0.3) is 0 Å². The first-order valence-electron chi connectivity index (χ1n) is 6.77. The van der Waals surface area contributed by atoms with Crippen LogP contribution in [-0.4, -0.2) is 17.0 Å². The zero-order valence-corrected chi connectivity index (χ0v) is 11.7. The predicted molar refractivity (Wildman–Crippen MR) is 86.7 cm³/mol. The lowest BCUT2D eigenvalue weighted by molar-refractivity contribution is 1.17. The van der Waals surface area contributed by atoms with E-state index in [0.29, 0.717) is 0 Å². The van der Waals surface area contributed by atoms with E-state index in [-0.39, 0.29) is 0 Å². The molecule has 0 saturated heterocycles. The molecule has 0 aliphatic rings. The smallest absolute Gasteiger partial charge is 0.134 e. The van der Waals surface area contributed by atoms with E-state index < -0.39 is 0 Å². The van der Waals surface area contributed by atoms with Crippen molar-refractivity contribution in [3.63, 3.8) is 0 Å². The van der Waals surface area contributed by atoms with Crippen LogP contribution in [0.25, 0.3) is 11.3 Å². The summed E-state index contributed by atoms with van der Waals surface area (Å²) in [6.07, 6.45) is 1.58. The van der Waals surface area contributed by atoms with Crippen molar-refractivity contribution in [2.75, 3.05) is 17.7 Å². The fraction of sp³-hybridized carbons (Fsp3) is 0.0588. The lowest BCUT2D eigenvalue weighted by Gasteiger charge is -2.08. The SMILES string of the molecule is CNc1ccc(Nc2cc(-c3ccccc3)ncn2)cc1. The van der Waals surface area contributed by atoms with E-state index in [0.717, 1.165) is 28.5 Å². The maximum absolute atomic E-state index is 4.32. The third-order valence-electron chi connectivity index (χ3n) is 3.18. The van der Waals surface area contributed by atoms with Crippen molar-refractivity contribution < 1.29 is 0 Å². The minimum absolute atomic E-state index is 0.779. The van der Waals surface area contributed by atoms with Gasteiger partial charge in [-0.25, -0.2) is 9.97 Å². The van der Waals surface area contributed by atoms with E-state index in [1.165, 1.54) is 0 Å². The van der Waals surface area contributed by atoms with Gasteiger partial charge >= 0.3 is 0 Å². The van der Waals surface area contributed by atoms with Gasteiger partial charge in [0.2, 0.25) is 0 Å². The lowest BCUT2D eigenvalue weighted by Crippen LogP contribution is -1.96. The summed E-state index contributed by atoms with van der Waals surface area (Å²) in [7, 11) is 1.90. The van der Waals surface area contributed by atoms with E-state index in [2.05, 4.69) is 20.6 Å². The molecule has 104 valence electrons. The predicted octanol–water partition coefficient (Wildman–Crippen LogP) is 3.93. The van der Waals surface area contributed by atoms with Gasteiger partial charge in [0.1, 0.15) is 12.1 Å². The van der Waals surface area contributed by atoms with Crippen LogP contribution in [0.2, 0.25) is 0 Å². The van der Waals surface area contributed by atoms with Gasteiger partial charge in [-0.3, -0.25) is 0 Å². The topological polar surface area (TPSA) is 49.8 Å². The van der Waals surface area contributed by atoms with Crippen LogP contribution in [0.5, 0.6) is 0 Å². The van der Waals surface area contributed by atoms with Gasteiger partial charge in [0.05, 0.1) is 5.69 Å². The molecule has 1 heterocycles. The van der Waals surface area contributed by atoms with Crippen molar-refractivity contribution in [1.82, 2.24) is 9.97 Å².